The fraction of sp³-hybridized carbons (Fsp3) is 0.200. The molecule has 0 saturated heterocycles. The zero-order valence-electron chi connectivity index (χ0n) is 29.8. The summed E-state index contributed by atoms with van der Waals surface area (Å²) in [7, 11) is 1.95. The molecule has 0 fully saturated rings. The van der Waals surface area contributed by atoms with E-state index in [0.29, 0.717) is 41.3 Å². The normalized spacial score (nSPS) is 11.7. The molecule has 5 rings (SSSR count). The van der Waals surface area contributed by atoms with Gasteiger partial charge in [-0.3, -0.25) is 14.5 Å². The summed E-state index contributed by atoms with van der Waals surface area (Å²) in [5.41, 5.74) is 10.4. The second kappa shape index (κ2) is 21.2. The van der Waals surface area contributed by atoms with Gasteiger partial charge in [-0.1, -0.05) is 56.0 Å². The van der Waals surface area contributed by atoms with Gasteiger partial charge in [-0.15, -0.1) is 28.9 Å². The van der Waals surface area contributed by atoms with Crippen LogP contribution in [0.5, 0.6) is 5.75 Å². The van der Waals surface area contributed by atoms with Crippen molar-refractivity contribution in [1.29, 1.82) is 0 Å². The number of carbonyl (C=O) groups is 2. The maximum atomic E-state index is 13.2. The van der Waals surface area contributed by atoms with Gasteiger partial charge in [-0.2, -0.15) is 13.0 Å². The third-order valence-electron chi connectivity index (χ3n) is 7.66. The second-order valence-corrected chi connectivity index (χ2v) is 12.7. The fourth-order valence-electron chi connectivity index (χ4n) is 4.90. The third-order valence-corrected chi connectivity index (χ3v) is 8.48. The van der Waals surface area contributed by atoms with E-state index in [-0.39, 0.29) is 65.2 Å². The van der Waals surface area contributed by atoms with Crippen molar-refractivity contribution in [2.24, 2.45) is 5.92 Å². The molecule has 52 heavy (non-hydrogen) atoms. The Morgan fingerprint density at radius 2 is 1.58 bits per heavy atom. The van der Waals surface area contributed by atoms with Crippen LogP contribution in [-0.2, 0) is 11.3 Å². The first-order chi connectivity index (χ1) is 24.6. The standard InChI is InChI=1S/C37H35N5O4S.C3H7O.Na/c1-24(2)33(22-42(3)21-25-11-13-26(14-12-25)35(44)40-31-9-5-4-8-30(31)38)46-34-29(23-43)7-6-10-32(34)41-36(45)27-15-17-28(18-16-27)37-39-19-20-47-37;1-2-3-4;/h4-20,24,33H,1,21-22,38H2,2-3H3,(H,40,44)(H,41,45);2,4H,3H2,1H3;/q-2;-1;+1/t24-,33+;;/m0../s1. The molecule has 1 heterocycles. The van der Waals surface area contributed by atoms with Crippen LogP contribution in [0.1, 0.15) is 45.7 Å². The van der Waals surface area contributed by atoms with Gasteiger partial charge < -0.3 is 44.3 Å². The largest absolute Gasteiger partial charge is 1.00 e. The minimum atomic E-state index is -0.427. The van der Waals surface area contributed by atoms with Crippen LogP contribution < -0.4 is 50.7 Å². The van der Waals surface area contributed by atoms with Crippen LogP contribution in [0.4, 0.5) is 17.1 Å². The Morgan fingerprint density at radius 1 is 0.981 bits per heavy atom. The number of ether oxygens (including phenoxy) is 1. The molecule has 0 aliphatic heterocycles. The number of hydrogen-bond donors (Lipinski definition) is 4. The molecular formula is C40H42N5NaO5S-2. The topological polar surface area (TPSA) is 147 Å². The van der Waals surface area contributed by atoms with Crippen LogP contribution >= 0.6 is 11.3 Å². The average Bonchev–Trinajstić information content (AvgIpc) is 3.68. The van der Waals surface area contributed by atoms with Gasteiger partial charge in [0, 0.05) is 52.8 Å². The number of amides is 2. The molecule has 0 spiro atoms. The molecule has 5 aromatic rings. The molecule has 0 unspecified atom stereocenters. The van der Waals surface area contributed by atoms with Gasteiger partial charge in [0.05, 0.1) is 23.8 Å². The minimum Gasteiger partial charge on any atom is -0.547 e. The summed E-state index contributed by atoms with van der Waals surface area (Å²) in [6, 6.07) is 26.6. The summed E-state index contributed by atoms with van der Waals surface area (Å²) in [5, 5.41) is 16.3. The van der Waals surface area contributed by atoms with Gasteiger partial charge in [0.25, 0.3) is 11.8 Å². The minimum absolute atomic E-state index is 0. The van der Waals surface area contributed by atoms with E-state index in [1.807, 2.05) is 62.0 Å². The van der Waals surface area contributed by atoms with Crippen LogP contribution in [0, 0.1) is 19.3 Å². The van der Waals surface area contributed by atoms with E-state index in [1.165, 1.54) is 11.3 Å². The van der Waals surface area contributed by atoms with Crippen LogP contribution in [0.3, 0.4) is 0 Å². The van der Waals surface area contributed by atoms with Crippen LogP contribution in [0.25, 0.3) is 10.6 Å². The number of rotatable bonds is 14. The zero-order chi connectivity index (χ0) is 36.8. The molecule has 0 aliphatic carbocycles. The first-order valence-electron chi connectivity index (χ1n) is 16.3. The fourth-order valence-corrected chi connectivity index (χ4v) is 5.55. The van der Waals surface area contributed by atoms with Crippen molar-refractivity contribution in [3.05, 3.63) is 138 Å². The zero-order valence-corrected chi connectivity index (χ0v) is 32.7. The number of benzene rings is 4. The number of nitrogens with one attached hydrogen (secondary N) is 2. The summed E-state index contributed by atoms with van der Waals surface area (Å²) in [6.07, 6.45) is 4.93. The number of thiazole rings is 1. The van der Waals surface area contributed by atoms with Crippen molar-refractivity contribution in [1.82, 2.24) is 9.88 Å². The molecular weight excluding hydrogens is 686 g/mol. The SMILES string of the molecule is C[CH-]CO.[CH2-][C@@H](C)[C@@H](CN(C)Cc1ccc(C(=O)Nc2ccccc2N)cc1)Oc1c([C-]=O)cccc1NC(=O)c1ccc(-c2nccs2)cc1.[Na+]. The molecule has 10 nitrogen and oxygen atoms in total. The Kier molecular flexibility index (Phi) is 17.2. The summed E-state index contributed by atoms with van der Waals surface area (Å²) in [6.45, 7) is 9.17. The van der Waals surface area contributed by atoms with Crippen molar-refractivity contribution in [2.45, 2.75) is 26.5 Å². The third kappa shape index (κ3) is 12.1. The van der Waals surface area contributed by atoms with Crippen molar-refractivity contribution in [2.75, 3.05) is 36.6 Å². The van der Waals surface area contributed by atoms with Crippen molar-refractivity contribution < 1.29 is 53.8 Å². The molecule has 2 atom stereocenters. The van der Waals surface area contributed by atoms with Gasteiger partial charge in [0.15, 0.2) is 0 Å². The Labute approximate surface area is 331 Å². The molecule has 0 radical (unpaired) electrons. The number of likely N-dealkylation sites (N-methyl/N-ethyl adjacent to an activating group) is 1. The van der Waals surface area contributed by atoms with Crippen LogP contribution in [0.15, 0.2) is 103 Å². The number of para-hydroxylation sites is 3. The van der Waals surface area contributed by atoms with E-state index in [2.05, 4.69) is 27.4 Å². The number of nitrogens with two attached hydrogens (primary N) is 1. The van der Waals surface area contributed by atoms with E-state index in [1.54, 1.807) is 74.1 Å². The van der Waals surface area contributed by atoms with Gasteiger partial charge in [-0.25, -0.2) is 4.98 Å². The van der Waals surface area contributed by atoms with Crippen LogP contribution in [-0.4, -0.2) is 59.4 Å². The van der Waals surface area contributed by atoms with Gasteiger partial charge in [-0.05, 0) is 49.0 Å². The van der Waals surface area contributed by atoms with Gasteiger partial charge in [0.1, 0.15) is 5.01 Å². The summed E-state index contributed by atoms with van der Waals surface area (Å²) < 4.78 is 6.41. The van der Waals surface area contributed by atoms with E-state index < -0.39 is 6.10 Å². The number of aliphatic hydroxyl groups is 1. The quantitative estimate of drug-likeness (QED) is 0.0766. The number of anilines is 3. The predicted octanol–water partition coefficient (Wildman–Crippen LogP) is 3.91. The number of hydrogen-bond acceptors (Lipinski definition) is 9. The molecule has 12 heteroatoms. The molecule has 1 aromatic heterocycles. The molecule has 0 aliphatic rings. The Morgan fingerprint density at radius 3 is 2.13 bits per heavy atom. The van der Waals surface area contributed by atoms with E-state index >= 15 is 0 Å². The van der Waals surface area contributed by atoms with Gasteiger partial charge >= 0.3 is 29.6 Å². The van der Waals surface area contributed by atoms with Crippen LogP contribution in [0.2, 0.25) is 0 Å². The molecule has 2 amide bonds. The van der Waals surface area contributed by atoms with Crippen molar-refractivity contribution >= 4 is 46.5 Å². The number of nitrogen functional groups attached to an aromatic ring is 1. The predicted molar refractivity (Wildman–Crippen MR) is 204 cm³/mol. The van der Waals surface area contributed by atoms with Crippen molar-refractivity contribution in [3.8, 4) is 16.3 Å². The second-order valence-electron chi connectivity index (χ2n) is 11.8. The van der Waals surface area contributed by atoms with Gasteiger partial charge in [0.2, 0.25) is 0 Å². The molecule has 5 N–H and O–H groups in total. The summed E-state index contributed by atoms with van der Waals surface area (Å²) >= 11 is 1.52. The smallest absolute Gasteiger partial charge is 0.547 e. The molecule has 266 valence electrons. The van der Waals surface area contributed by atoms with E-state index in [0.717, 1.165) is 16.1 Å². The Bertz CT molecular complexity index is 1870. The van der Waals surface area contributed by atoms with Crippen molar-refractivity contribution in [3.63, 3.8) is 0 Å². The first-order valence-corrected chi connectivity index (χ1v) is 17.2. The first kappa shape index (κ1) is 42.1. The maximum absolute atomic E-state index is 13.2. The summed E-state index contributed by atoms with van der Waals surface area (Å²) in [4.78, 5) is 44.2. The molecule has 4 aromatic carbocycles. The Balaban J connectivity index is 0.00000139. The maximum Gasteiger partial charge on any atom is 1.00 e. The monoisotopic (exact) mass is 727 g/mol. The average molecular weight is 728 g/mol. The number of carbonyl (C=O) groups excluding carboxylic acids is 3. The number of aliphatic hydroxyl groups excluding tert-OH is 1. The summed E-state index contributed by atoms with van der Waals surface area (Å²) in [5.74, 6) is -0.526. The molecule has 0 bridgehead atoms. The Hall–Kier alpha value is -4.36. The van der Waals surface area contributed by atoms with E-state index in [9.17, 15) is 14.4 Å². The number of nitrogens with zero attached hydrogens (tertiary/aromatic N) is 2. The number of aromatic nitrogens is 1. The molecule has 0 saturated carbocycles. The van der Waals surface area contributed by atoms with E-state index in [4.69, 9.17) is 15.6 Å².